The highest BCUT2D eigenvalue weighted by atomic mass is 32.1. The molecule has 0 spiro atoms. The van der Waals surface area contributed by atoms with Gasteiger partial charge in [-0.05, 0) is 48.6 Å². The molecule has 1 aromatic rings. The van der Waals surface area contributed by atoms with Crippen LogP contribution in [0, 0.1) is 5.41 Å². The molecule has 1 unspecified atom stereocenters. The van der Waals surface area contributed by atoms with Gasteiger partial charge in [-0.3, -0.25) is 4.79 Å². The van der Waals surface area contributed by atoms with Gasteiger partial charge in [-0.1, -0.05) is 6.42 Å². The van der Waals surface area contributed by atoms with Gasteiger partial charge in [0.15, 0.2) is 0 Å². The van der Waals surface area contributed by atoms with Crippen molar-refractivity contribution >= 4 is 23.3 Å². The first-order valence-corrected chi connectivity index (χ1v) is 7.75. The standard InChI is InChI=1S/C14H20N2O3S/c1-10(7-11-3-6-20-8-11)16-13(19)15-9-14(12(17)18)4-2-5-14/h3,6,8,10H,2,4-5,7,9H2,1H3,(H,17,18)(H2,15,16,19). The molecule has 1 saturated carbocycles. The number of hydrogen-bond donors (Lipinski definition) is 3. The molecule has 1 fully saturated rings. The van der Waals surface area contributed by atoms with Gasteiger partial charge in [-0.15, -0.1) is 0 Å². The lowest BCUT2D eigenvalue weighted by atomic mass is 9.69. The van der Waals surface area contributed by atoms with Crippen molar-refractivity contribution in [2.45, 2.75) is 38.6 Å². The SMILES string of the molecule is CC(Cc1ccsc1)NC(=O)NCC1(C(=O)O)CCC1. The van der Waals surface area contributed by atoms with Gasteiger partial charge in [0.2, 0.25) is 0 Å². The second kappa shape index (κ2) is 6.26. The van der Waals surface area contributed by atoms with Crippen LogP contribution in [0.3, 0.4) is 0 Å². The summed E-state index contributed by atoms with van der Waals surface area (Å²) in [5, 5.41) is 18.8. The van der Waals surface area contributed by atoms with Gasteiger partial charge in [0, 0.05) is 12.6 Å². The van der Waals surface area contributed by atoms with E-state index in [0.29, 0.717) is 12.8 Å². The second-order valence-corrected chi connectivity index (χ2v) is 6.28. The van der Waals surface area contributed by atoms with E-state index in [1.807, 2.05) is 18.4 Å². The summed E-state index contributed by atoms with van der Waals surface area (Å²) in [4.78, 5) is 23.0. The third-order valence-electron chi connectivity index (χ3n) is 3.85. The van der Waals surface area contributed by atoms with E-state index in [1.165, 1.54) is 5.56 Å². The number of nitrogens with one attached hydrogen (secondary N) is 2. The molecule has 0 radical (unpaired) electrons. The number of thiophene rings is 1. The van der Waals surface area contributed by atoms with Gasteiger partial charge in [-0.25, -0.2) is 4.79 Å². The number of carboxylic acids is 1. The minimum Gasteiger partial charge on any atom is -0.481 e. The summed E-state index contributed by atoms with van der Waals surface area (Å²) in [6, 6.07) is 1.76. The van der Waals surface area contributed by atoms with Crippen LogP contribution in [0.4, 0.5) is 4.79 Å². The predicted octanol–water partition coefficient (Wildman–Crippen LogP) is 2.23. The Morgan fingerprint density at radius 3 is 2.75 bits per heavy atom. The number of aliphatic carboxylic acids is 1. The molecule has 0 bridgehead atoms. The van der Waals surface area contributed by atoms with Gasteiger partial charge in [0.05, 0.1) is 5.41 Å². The Morgan fingerprint density at radius 1 is 1.50 bits per heavy atom. The van der Waals surface area contributed by atoms with E-state index in [9.17, 15) is 14.7 Å². The number of hydrogen-bond acceptors (Lipinski definition) is 3. The number of carbonyl (C=O) groups excluding carboxylic acids is 1. The molecule has 0 saturated heterocycles. The molecule has 6 heteroatoms. The van der Waals surface area contributed by atoms with Crippen LogP contribution in [0.25, 0.3) is 0 Å². The summed E-state index contributed by atoms with van der Waals surface area (Å²) >= 11 is 1.63. The van der Waals surface area contributed by atoms with Crippen molar-refractivity contribution in [2.75, 3.05) is 6.54 Å². The van der Waals surface area contributed by atoms with Crippen molar-refractivity contribution in [1.29, 1.82) is 0 Å². The number of carboxylic acid groups (broad SMARTS) is 1. The van der Waals surface area contributed by atoms with E-state index in [2.05, 4.69) is 16.0 Å². The molecule has 20 heavy (non-hydrogen) atoms. The van der Waals surface area contributed by atoms with Crippen LogP contribution in [0.2, 0.25) is 0 Å². The fourth-order valence-electron chi connectivity index (χ4n) is 2.41. The normalized spacial score (nSPS) is 17.9. The molecule has 3 N–H and O–H groups in total. The van der Waals surface area contributed by atoms with E-state index in [-0.39, 0.29) is 18.6 Å². The lowest BCUT2D eigenvalue weighted by Gasteiger charge is -2.37. The quantitative estimate of drug-likeness (QED) is 0.753. The Morgan fingerprint density at radius 2 is 2.25 bits per heavy atom. The highest BCUT2D eigenvalue weighted by Crippen LogP contribution is 2.40. The fourth-order valence-corrected chi connectivity index (χ4v) is 3.09. The topological polar surface area (TPSA) is 78.4 Å². The fraction of sp³-hybridized carbons (Fsp3) is 0.571. The lowest BCUT2D eigenvalue weighted by molar-refractivity contribution is -0.153. The highest BCUT2D eigenvalue weighted by Gasteiger charge is 2.44. The highest BCUT2D eigenvalue weighted by molar-refractivity contribution is 7.07. The third kappa shape index (κ3) is 3.50. The molecule has 2 amide bonds. The van der Waals surface area contributed by atoms with E-state index in [0.717, 1.165) is 12.8 Å². The van der Waals surface area contributed by atoms with Crippen molar-refractivity contribution in [2.24, 2.45) is 5.41 Å². The maximum absolute atomic E-state index is 11.8. The molecule has 5 nitrogen and oxygen atoms in total. The summed E-state index contributed by atoms with van der Waals surface area (Å²) in [5.41, 5.74) is 0.456. The smallest absolute Gasteiger partial charge is 0.315 e. The predicted molar refractivity (Wildman–Crippen MR) is 77.9 cm³/mol. The Hall–Kier alpha value is -1.56. The Balaban J connectivity index is 1.73. The molecule has 1 heterocycles. The molecule has 1 atom stereocenters. The molecular formula is C14H20N2O3S. The molecule has 1 aliphatic rings. The van der Waals surface area contributed by atoms with Crippen LogP contribution >= 0.6 is 11.3 Å². The van der Waals surface area contributed by atoms with Crippen molar-refractivity contribution in [3.63, 3.8) is 0 Å². The van der Waals surface area contributed by atoms with Crippen molar-refractivity contribution in [3.8, 4) is 0 Å². The van der Waals surface area contributed by atoms with Crippen LogP contribution in [0.15, 0.2) is 16.8 Å². The Bertz CT molecular complexity index is 469. The zero-order chi connectivity index (χ0) is 14.6. The third-order valence-corrected chi connectivity index (χ3v) is 4.58. The summed E-state index contributed by atoms with van der Waals surface area (Å²) in [6.07, 6.45) is 2.99. The lowest BCUT2D eigenvalue weighted by Crippen LogP contribution is -2.51. The zero-order valence-electron chi connectivity index (χ0n) is 11.5. The number of carbonyl (C=O) groups is 2. The Kier molecular flexibility index (Phi) is 4.65. The van der Waals surface area contributed by atoms with Crippen molar-refractivity contribution in [3.05, 3.63) is 22.4 Å². The average Bonchev–Trinajstić information content (AvgIpc) is 2.79. The van der Waals surface area contributed by atoms with Gasteiger partial charge in [0.25, 0.3) is 0 Å². The van der Waals surface area contributed by atoms with Crippen LogP contribution in [0.5, 0.6) is 0 Å². The minimum absolute atomic E-state index is 0.0202. The van der Waals surface area contributed by atoms with Crippen LogP contribution in [-0.2, 0) is 11.2 Å². The van der Waals surface area contributed by atoms with E-state index >= 15 is 0 Å². The largest absolute Gasteiger partial charge is 0.481 e. The number of rotatable bonds is 6. The van der Waals surface area contributed by atoms with Gasteiger partial charge < -0.3 is 15.7 Å². The van der Waals surface area contributed by atoms with E-state index in [1.54, 1.807) is 11.3 Å². The zero-order valence-corrected chi connectivity index (χ0v) is 12.3. The first-order valence-electron chi connectivity index (χ1n) is 6.81. The molecule has 1 aromatic heterocycles. The van der Waals surface area contributed by atoms with E-state index < -0.39 is 11.4 Å². The number of urea groups is 1. The monoisotopic (exact) mass is 296 g/mol. The summed E-state index contributed by atoms with van der Waals surface area (Å²) in [6.45, 7) is 2.15. The van der Waals surface area contributed by atoms with Gasteiger partial charge >= 0.3 is 12.0 Å². The van der Waals surface area contributed by atoms with Crippen LogP contribution in [0.1, 0.15) is 31.7 Å². The van der Waals surface area contributed by atoms with Crippen molar-refractivity contribution < 1.29 is 14.7 Å². The minimum atomic E-state index is -0.810. The molecule has 2 rings (SSSR count). The van der Waals surface area contributed by atoms with E-state index in [4.69, 9.17) is 0 Å². The molecule has 110 valence electrons. The maximum atomic E-state index is 11.8. The maximum Gasteiger partial charge on any atom is 0.315 e. The molecular weight excluding hydrogens is 276 g/mol. The summed E-state index contributed by atoms with van der Waals surface area (Å²) in [7, 11) is 0. The average molecular weight is 296 g/mol. The first kappa shape index (κ1) is 14.8. The van der Waals surface area contributed by atoms with Gasteiger partial charge in [0.1, 0.15) is 0 Å². The van der Waals surface area contributed by atoms with Crippen LogP contribution < -0.4 is 10.6 Å². The summed E-state index contributed by atoms with van der Waals surface area (Å²) < 4.78 is 0. The summed E-state index contributed by atoms with van der Waals surface area (Å²) in [5.74, 6) is -0.810. The molecule has 0 aromatic carbocycles. The van der Waals surface area contributed by atoms with Gasteiger partial charge in [-0.2, -0.15) is 11.3 Å². The first-order chi connectivity index (χ1) is 9.52. The second-order valence-electron chi connectivity index (χ2n) is 5.50. The number of amides is 2. The van der Waals surface area contributed by atoms with Crippen LogP contribution in [-0.4, -0.2) is 29.7 Å². The Labute approximate surface area is 122 Å². The molecule has 0 aliphatic heterocycles. The molecule has 1 aliphatic carbocycles. The van der Waals surface area contributed by atoms with Crippen molar-refractivity contribution in [1.82, 2.24) is 10.6 Å².